The Morgan fingerprint density at radius 3 is 2.13 bits per heavy atom. The van der Waals surface area contributed by atoms with Crippen LogP contribution in [0.25, 0.3) is 0 Å². The van der Waals surface area contributed by atoms with Crippen LogP contribution < -0.4 is 9.46 Å². The number of nitrogens with one attached hydrogen (secondary N) is 1. The second kappa shape index (κ2) is 15.1. The molecule has 1 atom stereocenters. The first-order valence-corrected chi connectivity index (χ1v) is 18.0. The lowest BCUT2D eigenvalue weighted by atomic mass is 9.86. The number of ether oxygens (including phenoxy) is 1. The maximum absolute atomic E-state index is 14.7. The lowest BCUT2D eigenvalue weighted by Gasteiger charge is -2.36. The van der Waals surface area contributed by atoms with Crippen molar-refractivity contribution in [3.05, 3.63) is 159 Å². The molecule has 1 aliphatic rings. The summed E-state index contributed by atoms with van der Waals surface area (Å²) in [6.07, 6.45) is 2.05. The van der Waals surface area contributed by atoms with Crippen molar-refractivity contribution in [3.8, 4) is 11.5 Å². The second-order valence-electron chi connectivity index (χ2n) is 12.0. The molecule has 0 unspecified atom stereocenters. The van der Waals surface area contributed by atoms with E-state index in [1.807, 2.05) is 42.5 Å². The van der Waals surface area contributed by atoms with Crippen LogP contribution in [-0.4, -0.2) is 47.3 Å². The highest BCUT2D eigenvalue weighted by Crippen LogP contribution is 2.37. The van der Waals surface area contributed by atoms with Gasteiger partial charge in [-0.1, -0.05) is 72.3 Å². The van der Waals surface area contributed by atoms with E-state index in [0.29, 0.717) is 29.5 Å². The number of carboxylic acid groups (broad SMARTS) is 2. The molecule has 0 bridgehead atoms. The fourth-order valence-corrected chi connectivity index (χ4v) is 7.51. The fraction of sp³-hybridized carbons (Fsp3) is 0.128. The summed E-state index contributed by atoms with van der Waals surface area (Å²) in [6.45, 7) is -0.00853. The minimum Gasteiger partial charge on any atom is -0.478 e. The standard InChI is InChI=1S/C39H31ClN2O9S/c40-26-12-8-16-29(20-26)52(49,50)41-36(43)31-21-34(39(47)48)32(22-33(31)38(45)46)37(44)42(35-18-7-11-25-10-4-5-17-30(25)35)23-24-9-6-15-28(19-24)51-27-13-2-1-3-14-27/h1-6,8-10,12-17,19-22,35H,7,11,18,23H2,(H,41,43)(H,45,46)(H,47,48)/t35-/m0/s1. The van der Waals surface area contributed by atoms with Crippen LogP contribution >= 0.6 is 11.6 Å². The molecular formula is C39H31ClN2O9S. The van der Waals surface area contributed by atoms with E-state index in [1.165, 1.54) is 23.1 Å². The molecule has 0 radical (unpaired) electrons. The topological polar surface area (TPSA) is 167 Å². The largest absolute Gasteiger partial charge is 0.478 e. The first-order chi connectivity index (χ1) is 24.9. The van der Waals surface area contributed by atoms with Crippen LogP contribution in [0.1, 0.15) is 77.0 Å². The van der Waals surface area contributed by atoms with Crippen molar-refractivity contribution in [2.24, 2.45) is 0 Å². The van der Waals surface area contributed by atoms with Crippen LogP contribution in [0.5, 0.6) is 11.5 Å². The zero-order valence-corrected chi connectivity index (χ0v) is 28.9. The number of sulfonamides is 1. The molecule has 2 amide bonds. The molecule has 5 aromatic carbocycles. The summed E-state index contributed by atoms with van der Waals surface area (Å²) in [6, 6.07) is 29.8. The highest BCUT2D eigenvalue weighted by molar-refractivity contribution is 7.90. The summed E-state index contributed by atoms with van der Waals surface area (Å²) >= 11 is 5.91. The predicted molar refractivity (Wildman–Crippen MR) is 191 cm³/mol. The highest BCUT2D eigenvalue weighted by Gasteiger charge is 2.34. The summed E-state index contributed by atoms with van der Waals surface area (Å²) in [5.74, 6) is -4.42. The van der Waals surface area contributed by atoms with Gasteiger partial charge in [-0.25, -0.2) is 22.7 Å². The van der Waals surface area contributed by atoms with E-state index in [4.69, 9.17) is 16.3 Å². The number of fused-ring (bicyclic) bond motifs is 1. The van der Waals surface area contributed by atoms with Crippen molar-refractivity contribution in [1.29, 1.82) is 0 Å². The molecule has 0 saturated carbocycles. The van der Waals surface area contributed by atoms with Crippen LogP contribution in [0, 0.1) is 0 Å². The van der Waals surface area contributed by atoms with Crippen LogP contribution in [0.2, 0.25) is 5.02 Å². The Labute approximate surface area is 304 Å². The molecule has 52 heavy (non-hydrogen) atoms. The number of aryl methyl sites for hydroxylation is 1. The molecule has 1 aliphatic carbocycles. The minimum absolute atomic E-state index is 0.00853. The Morgan fingerprint density at radius 1 is 0.750 bits per heavy atom. The van der Waals surface area contributed by atoms with Crippen molar-refractivity contribution in [3.63, 3.8) is 0 Å². The number of carbonyl (C=O) groups excluding carboxylic acids is 2. The quantitative estimate of drug-likeness (QED) is 0.125. The number of amides is 2. The smallest absolute Gasteiger partial charge is 0.336 e. The Hall–Kier alpha value is -5.98. The normalized spacial score (nSPS) is 13.8. The molecule has 0 saturated heterocycles. The Morgan fingerprint density at radius 2 is 1.40 bits per heavy atom. The van der Waals surface area contributed by atoms with Gasteiger partial charge >= 0.3 is 11.9 Å². The predicted octanol–water partition coefficient (Wildman–Crippen LogP) is 7.37. The van der Waals surface area contributed by atoms with Gasteiger partial charge in [0.2, 0.25) is 0 Å². The monoisotopic (exact) mass is 738 g/mol. The zero-order chi connectivity index (χ0) is 37.0. The molecule has 13 heteroatoms. The number of para-hydroxylation sites is 1. The van der Waals surface area contributed by atoms with Gasteiger partial charge < -0.3 is 19.8 Å². The van der Waals surface area contributed by atoms with Gasteiger partial charge in [0.15, 0.2) is 0 Å². The number of carboxylic acids is 2. The summed E-state index contributed by atoms with van der Waals surface area (Å²) in [7, 11) is -4.56. The number of hydrogen-bond acceptors (Lipinski definition) is 7. The number of halogens is 1. The van der Waals surface area contributed by atoms with Crippen LogP contribution in [-0.2, 0) is 23.0 Å². The minimum atomic E-state index is -4.56. The van der Waals surface area contributed by atoms with Gasteiger partial charge in [0.25, 0.3) is 21.8 Å². The van der Waals surface area contributed by atoms with Gasteiger partial charge in [-0.2, -0.15) is 0 Å². The Kier molecular flexibility index (Phi) is 10.4. The maximum Gasteiger partial charge on any atom is 0.336 e. The van der Waals surface area contributed by atoms with Gasteiger partial charge in [0.05, 0.1) is 33.2 Å². The summed E-state index contributed by atoms with van der Waals surface area (Å²) in [5.41, 5.74) is -0.162. The van der Waals surface area contributed by atoms with Crippen molar-refractivity contribution in [2.45, 2.75) is 36.7 Å². The number of hydrogen-bond donors (Lipinski definition) is 3. The number of rotatable bonds is 11. The maximum atomic E-state index is 14.7. The first-order valence-electron chi connectivity index (χ1n) is 16.1. The van der Waals surface area contributed by atoms with Crippen LogP contribution in [0.4, 0.5) is 0 Å². The molecule has 264 valence electrons. The number of nitrogens with zero attached hydrogens (tertiary/aromatic N) is 1. The van der Waals surface area contributed by atoms with Gasteiger partial charge in [0, 0.05) is 11.6 Å². The third-order valence-electron chi connectivity index (χ3n) is 8.63. The van der Waals surface area contributed by atoms with Crippen molar-refractivity contribution in [1.82, 2.24) is 9.62 Å². The van der Waals surface area contributed by atoms with E-state index < -0.39 is 62.1 Å². The third-order valence-corrected chi connectivity index (χ3v) is 10.2. The summed E-state index contributed by atoms with van der Waals surface area (Å²) < 4.78 is 33.8. The number of aromatic carboxylic acids is 2. The molecule has 5 aromatic rings. The van der Waals surface area contributed by atoms with Crippen molar-refractivity contribution < 1.29 is 42.5 Å². The lowest BCUT2D eigenvalue weighted by molar-refractivity contribution is 0.0614. The SMILES string of the molecule is O=C(O)c1cc(C(=O)N(Cc2cccc(Oc3ccccc3)c2)[C@H]2CCCc3ccccc32)c(C(=O)O)cc1C(=O)NS(=O)(=O)c1cccc(Cl)c1. The van der Waals surface area contributed by atoms with E-state index in [-0.39, 0.29) is 16.5 Å². The number of carbonyl (C=O) groups is 4. The van der Waals surface area contributed by atoms with E-state index in [9.17, 15) is 37.8 Å². The van der Waals surface area contributed by atoms with Crippen molar-refractivity contribution >= 4 is 45.4 Å². The zero-order valence-electron chi connectivity index (χ0n) is 27.4. The van der Waals surface area contributed by atoms with Gasteiger partial charge in [-0.15, -0.1) is 0 Å². The average Bonchev–Trinajstić information content (AvgIpc) is 3.13. The fourth-order valence-electron chi connectivity index (χ4n) is 6.25. The lowest BCUT2D eigenvalue weighted by Crippen LogP contribution is -2.37. The highest BCUT2D eigenvalue weighted by atomic mass is 35.5. The molecule has 0 spiro atoms. The van der Waals surface area contributed by atoms with Gasteiger partial charge in [-0.05, 0) is 90.6 Å². The molecule has 0 aromatic heterocycles. The molecule has 0 fully saturated rings. The summed E-state index contributed by atoms with van der Waals surface area (Å²) in [4.78, 5) is 54.4. The second-order valence-corrected chi connectivity index (χ2v) is 14.2. The molecular weight excluding hydrogens is 708 g/mol. The Balaban J connectivity index is 1.42. The van der Waals surface area contributed by atoms with Gasteiger partial charge in [-0.3, -0.25) is 9.59 Å². The van der Waals surface area contributed by atoms with Crippen molar-refractivity contribution in [2.75, 3.05) is 0 Å². The molecule has 11 nitrogen and oxygen atoms in total. The molecule has 0 heterocycles. The molecule has 6 rings (SSSR count). The van der Waals surface area contributed by atoms with E-state index in [2.05, 4.69) is 0 Å². The molecule has 3 N–H and O–H groups in total. The third kappa shape index (κ3) is 7.83. The average molecular weight is 739 g/mol. The van der Waals surface area contributed by atoms with Crippen LogP contribution in [0.15, 0.2) is 120 Å². The van der Waals surface area contributed by atoms with Crippen LogP contribution in [0.3, 0.4) is 0 Å². The first kappa shape index (κ1) is 35.8. The summed E-state index contributed by atoms with van der Waals surface area (Å²) in [5, 5.41) is 20.5. The van der Waals surface area contributed by atoms with E-state index in [1.54, 1.807) is 41.1 Å². The van der Waals surface area contributed by atoms with Gasteiger partial charge in [0.1, 0.15) is 11.5 Å². The number of benzene rings is 5. The van der Waals surface area contributed by atoms with E-state index >= 15 is 0 Å². The Bertz CT molecular complexity index is 2310. The molecule has 0 aliphatic heterocycles. The van der Waals surface area contributed by atoms with E-state index in [0.717, 1.165) is 36.1 Å².